The molecule has 5 nitrogen and oxygen atoms in total. The summed E-state index contributed by atoms with van der Waals surface area (Å²) in [5.41, 5.74) is 6.02. The lowest BCUT2D eigenvalue weighted by Crippen LogP contribution is -2.18. The molecule has 1 N–H and O–H groups in total. The van der Waals surface area contributed by atoms with Crippen LogP contribution in [0.25, 0.3) is 22.2 Å². The summed E-state index contributed by atoms with van der Waals surface area (Å²) in [5, 5.41) is 5.36. The van der Waals surface area contributed by atoms with E-state index in [4.69, 9.17) is 11.6 Å². The monoisotopic (exact) mass is 386 g/mol. The molecule has 0 spiro atoms. The van der Waals surface area contributed by atoms with Crippen molar-refractivity contribution in [3.05, 3.63) is 95.3 Å². The molecule has 4 rings (SSSR count). The second-order valence-corrected chi connectivity index (χ2v) is 6.44. The molecule has 0 atom stereocenters. The fourth-order valence-corrected chi connectivity index (χ4v) is 3.01. The van der Waals surface area contributed by atoms with Gasteiger partial charge in [-0.2, -0.15) is 5.10 Å². The van der Waals surface area contributed by atoms with Gasteiger partial charge in [0.2, 0.25) is 0 Å². The van der Waals surface area contributed by atoms with Gasteiger partial charge in [-0.1, -0.05) is 48.0 Å². The van der Waals surface area contributed by atoms with Crippen molar-refractivity contribution in [1.29, 1.82) is 0 Å². The zero-order valence-electron chi connectivity index (χ0n) is 14.7. The number of nitrogens with one attached hydrogen (secondary N) is 1. The van der Waals surface area contributed by atoms with Crippen LogP contribution < -0.4 is 5.43 Å². The van der Waals surface area contributed by atoms with Crippen molar-refractivity contribution in [2.24, 2.45) is 5.10 Å². The minimum atomic E-state index is -0.327. The van der Waals surface area contributed by atoms with Gasteiger partial charge in [-0.15, -0.1) is 0 Å². The van der Waals surface area contributed by atoms with Gasteiger partial charge < -0.3 is 0 Å². The maximum Gasteiger partial charge on any atom is 0.272 e. The van der Waals surface area contributed by atoms with Gasteiger partial charge in [-0.05, 0) is 30.3 Å². The van der Waals surface area contributed by atoms with Crippen molar-refractivity contribution in [3.8, 4) is 11.3 Å². The lowest BCUT2D eigenvalue weighted by atomic mass is 10.0. The summed E-state index contributed by atoms with van der Waals surface area (Å²) in [5.74, 6) is -0.327. The number of hydrogen-bond donors (Lipinski definition) is 1. The van der Waals surface area contributed by atoms with Crippen molar-refractivity contribution in [3.63, 3.8) is 0 Å². The smallest absolute Gasteiger partial charge is 0.267 e. The average molecular weight is 387 g/mol. The molecule has 0 aliphatic heterocycles. The maximum atomic E-state index is 12.8. The van der Waals surface area contributed by atoms with Crippen LogP contribution in [0.2, 0.25) is 5.02 Å². The number of rotatable bonds is 4. The van der Waals surface area contributed by atoms with Gasteiger partial charge in [0.25, 0.3) is 5.91 Å². The van der Waals surface area contributed by atoms with Crippen LogP contribution in [0.3, 0.4) is 0 Å². The lowest BCUT2D eigenvalue weighted by molar-refractivity contribution is 0.0956. The SMILES string of the molecule is O=C(NN=Cc1ccccc1Cl)c1cc(-c2cccnc2)nc2ccccc12. The molecule has 28 heavy (non-hydrogen) atoms. The first-order valence-corrected chi connectivity index (χ1v) is 8.98. The Bertz CT molecular complexity index is 1180. The Morgan fingerprint density at radius 2 is 1.86 bits per heavy atom. The number of aromatic nitrogens is 2. The van der Waals surface area contributed by atoms with Gasteiger partial charge in [0.1, 0.15) is 0 Å². The highest BCUT2D eigenvalue weighted by Crippen LogP contribution is 2.24. The Labute approximate surface area is 166 Å². The molecule has 0 bridgehead atoms. The predicted octanol–water partition coefficient (Wildman–Crippen LogP) is 4.71. The summed E-state index contributed by atoms with van der Waals surface area (Å²) in [6.45, 7) is 0. The molecular formula is C22H15ClN4O. The van der Waals surface area contributed by atoms with Crippen LogP contribution in [0, 0.1) is 0 Å². The first-order chi connectivity index (χ1) is 13.7. The molecule has 136 valence electrons. The molecule has 4 aromatic rings. The number of carbonyl (C=O) groups is 1. The van der Waals surface area contributed by atoms with Gasteiger partial charge >= 0.3 is 0 Å². The van der Waals surface area contributed by atoms with E-state index in [2.05, 4.69) is 20.5 Å². The average Bonchev–Trinajstić information content (AvgIpc) is 2.75. The fourth-order valence-electron chi connectivity index (χ4n) is 2.83. The van der Waals surface area contributed by atoms with Crippen molar-refractivity contribution in [2.75, 3.05) is 0 Å². The molecule has 0 saturated heterocycles. The van der Waals surface area contributed by atoms with Crippen molar-refractivity contribution in [2.45, 2.75) is 0 Å². The zero-order chi connectivity index (χ0) is 19.3. The molecule has 1 amide bonds. The molecule has 0 aliphatic carbocycles. The Hall–Kier alpha value is -3.57. The lowest BCUT2D eigenvalue weighted by Gasteiger charge is -2.08. The minimum absolute atomic E-state index is 0.327. The highest BCUT2D eigenvalue weighted by atomic mass is 35.5. The summed E-state index contributed by atoms with van der Waals surface area (Å²) >= 11 is 6.11. The van der Waals surface area contributed by atoms with E-state index < -0.39 is 0 Å². The van der Waals surface area contributed by atoms with Gasteiger partial charge in [0.15, 0.2) is 0 Å². The van der Waals surface area contributed by atoms with Gasteiger partial charge in [-0.25, -0.2) is 10.4 Å². The molecule has 2 heterocycles. The van der Waals surface area contributed by atoms with E-state index in [1.807, 2.05) is 54.6 Å². The molecule has 0 radical (unpaired) electrons. The highest BCUT2D eigenvalue weighted by Gasteiger charge is 2.13. The fraction of sp³-hybridized carbons (Fsp3) is 0. The summed E-state index contributed by atoms with van der Waals surface area (Å²) < 4.78 is 0. The van der Waals surface area contributed by atoms with Crippen LogP contribution in [0.5, 0.6) is 0 Å². The maximum absolute atomic E-state index is 12.8. The number of fused-ring (bicyclic) bond motifs is 1. The molecule has 0 unspecified atom stereocenters. The molecular weight excluding hydrogens is 372 g/mol. The number of para-hydroxylation sites is 1. The summed E-state index contributed by atoms with van der Waals surface area (Å²) in [6, 6.07) is 20.3. The minimum Gasteiger partial charge on any atom is -0.267 e. The van der Waals surface area contributed by atoms with Crippen molar-refractivity contribution >= 4 is 34.6 Å². The number of halogens is 1. The predicted molar refractivity (Wildman–Crippen MR) is 111 cm³/mol. The molecule has 0 fully saturated rings. The Balaban J connectivity index is 1.69. The van der Waals surface area contributed by atoms with E-state index in [9.17, 15) is 4.79 Å². The summed E-state index contributed by atoms with van der Waals surface area (Å²) in [6.07, 6.45) is 4.93. The number of pyridine rings is 2. The first kappa shape index (κ1) is 17.8. The molecule has 0 aliphatic rings. The van der Waals surface area contributed by atoms with Crippen LogP contribution in [0.1, 0.15) is 15.9 Å². The number of hydrazone groups is 1. The third-order valence-corrected chi connectivity index (χ3v) is 4.54. The third kappa shape index (κ3) is 3.75. The largest absolute Gasteiger partial charge is 0.272 e. The second-order valence-electron chi connectivity index (χ2n) is 6.03. The van der Waals surface area contributed by atoms with E-state index in [0.29, 0.717) is 16.3 Å². The van der Waals surface area contributed by atoms with E-state index in [1.54, 1.807) is 24.5 Å². The Kier molecular flexibility index (Phi) is 5.08. The van der Waals surface area contributed by atoms with E-state index >= 15 is 0 Å². The van der Waals surface area contributed by atoms with Gasteiger partial charge in [-0.3, -0.25) is 9.78 Å². The molecule has 2 aromatic carbocycles. The van der Waals surface area contributed by atoms with Crippen LogP contribution in [0.15, 0.2) is 84.2 Å². The molecule has 6 heteroatoms. The standard InChI is InChI=1S/C22H15ClN4O/c23-19-9-3-1-6-15(19)14-25-27-22(28)18-12-21(16-7-5-11-24-13-16)26-20-10-4-2-8-17(18)20/h1-14H,(H,27,28). The van der Waals surface area contributed by atoms with Crippen LogP contribution >= 0.6 is 11.6 Å². The number of hydrogen-bond acceptors (Lipinski definition) is 4. The van der Waals surface area contributed by atoms with Gasteiger partial charge in [0.05, 0.1) is 23.0 Å². The number of amides is 1. The number of nitrogens with zero attached hydrogens (tertiary/aromatic N) is 3. The summed E-state index contributed by atoms with van der Waals surface area (Å²) in [7, 11) is 0. The van der Waals surface area contributed by atoms with Crippen LogP contribution in [-0.2, 0) is 0 Å². The topological polar surface area (TPSA) is 67.2 Å². The number of carbonyl (C=O) groups excluding carboxylic acids is 1. The quantitative estimate of drug-likeness (QED) is 0.408. The third-order valence-electron chi connectivity index (χ3n) is 4.19. The normalized spacial score (nSPS) is 11.0. The Morgan fingerprint density at radius 3 is 2.68 bits per heavy atom. The van der Waals surface area contributed by atoms with E-state index in [0.717, 1.165) is 22.0 Å². The Morgan fingerprint density at radius 1 is 1.04 bits per heavy atom. The summed E-state index contributed by atoms with van der Waals surface area (Å²) in [4.78, 5) is 21.6. The van der Waals surface area contributed by atoms with Crippen molar-refractivity contribution < 1.29 is 4.79 Å². The number of benzene rings is 2. The van der Waals surface area contributed by atoms with Crippen molar-refractivity contribution in [1.82, 2.24) is 15.4 Å². The van der Waals surface area contributed by atoms with Crippen LogP contribution in [0.4, 0.5) is 0 Å². The van der Waals surface area contributed by atoms with Gasteiger partial charge in [0, 0.05) is 33.9 Å². The zero-order valence-corrected chi connectivity index (χ0v) is 15.5. The highest BCUT2D eigenvalue weighted by molar-refractivity contribution is 6.33. The molecule has 2 aromatic heterocycles. The van der Waals surface area contributed by atoms with E-state index in [-0.39, 0.29) is 5.91 Å². The van der Waals surface area contributed by atoms with E-state index in [1.165, 1.54) is 6.21 Å². The molecule has 0 saturated carbocycles. The second kappa shape index (κ2) is 7.98. The van der Waals surface area contributed by atoms with Crippen LogP contribution in [-0.4, -0.2) is 22.1 Å². The first-order valence-electron chi connectivity index (χ1n) is 8.60.